The van der Waals surface area contributed by atoms with Crippen LogP contribution in [0.5, 0.6) is 5.75 Å². The van der Waals surface area contributed by atoms with Gasteiger partial charge in [0.2, 0.25) is 5.91 Å². The number of piperidine rings is 1. The number of benzene rings is 1. The van der Waals surface area contributed by atoms with Crippen LogP contribution in [0.3, 0.4) is 0 Å². The molecule has 4 heteroatoms. The van der Waals surface area contributed by atoms with Crippen molar-refractivity contribution >= 4 is 5.91 Å². The van der Waals surface area contributed by atoms with E-state index in [-0.39, 0.29) is 11.7 Å². The molecule has 1 fully saturated rings. The summed E-state index contributed by atoms with van der Waals surface area (Å²) in [7, 11) is 0. The van der Waals surface area contributed by atoms with Crippen LogP contribution in [0.4, 0.5) is 4.39 Å². The van der Waals surface area contributed by atoms with Gasteiger partial charge in [-0.25, -0.2) is 4.39 Å². The Morgan fingerprint density at radius 1 is 1.38 bits per heavy atom. The minimum absolute atomic E-state index is 0.268. The van der Waals surface area contributed by atoms with E-state index >= 15 is 0 Å². The highest BCUT2D eigenvalue weighted by atomic mass is 19.1. The number of hydrogen-bond acceptors (Lipinski definition) is 2. The molecular weight excluding hydrogens is 269 g/mol. The van der Waals surface area contributed by atoms with Crippen molar-refractivity contribution in [2.45, 2.75) is 39.0 Å². The summed E-state index contributed by atoms with van der Waals surface area (Å²) in [6.45, 7) is 4.37. The van der Waals surface area contributed by atoms with Crippen LogP contribution in [0.1, 0.15) is 39.0 Å². The Morgan fingerprint density at radius 3 is 2.81 bits per heavy atom. The predicted octanol–water partition coefficient (Wildman–Crippen LogP) is 3.63. The number of nitrogens with zero attached hydrogens (tertiary/aromatic N) is 1. The van der Waals surface area contributed by atoms with Crippen molar-refractivity contribution < 1.29 is 13.9 Å². The zero-order chi connectivity index (χ0) is 15.1. The van der Waals surface area contributed by atoms with Crippen molar-refractivity contribution in [1.29, 1.82) is 0 Å². The molecule has 1 heterocycles. The lowest BCUT2D eigenvalue weighted by Gasteiger charge is -2.32. The van der Waals surface area contributed by atoms with E-state index in [1.807, 2.05) is 11.8 Å². The molecule has 0 spiro atoms. The van der Waals surface area contributed by atoms with Crippen molar-refractivity contribution in [3.8, 4) is 5.75 Å². The number of carbonyl (C=O) groups is 1. The molecule has 21 heavy (non-hydrogen) atoms. The number of halogens is 1. The van der Waals surface area contributed by atoms with Gasteiger partial charge < -0.3 is 9.64 Å². The Morgan fingerprint density at radius 2 is 2.14 bits per heavy atom. The van der Waals surface area contributed by atoms with Gasteiger partial charge >= 0.3 is 0 Å². The van der Waals surface area contributed by atoms with Crippen molar-refractivity contribution in [1.82, 2.24) is 4.90 Å². The van der Waals surface area contributed by atoms with Gasteiger partial charge in [-0.2, -0.15) is 0 Å². The quantitative estimate of drug-likeness (QED) is 0.801. The first-order valence-corrected chi connectivity index (χ1v) is 7.85. The summed E-state index contributed by atoms with van der Waals surface area (Å²) in [5.41, 5.74) is 0. The van der Waals surface area contributed by atoms with Crippen molar-refractivity contribution in [2.24, 2.45) is 5.92 Å². The Hall–Kier alpha value is -1.58. The third kappa shape index (κ3) is 5.03. The average molecular weight is 293 g/mol. The first-order chi connectivity index (χ1) is 10.2. The Balaban J connectivity index is 1.66. The van der Waals surface area contributed by atoms with Crippen LogP contribution in [-0.2, 0) is 4.79 Å². The molecule has 1 aromatic carbocycles. The van der Waals surface area contributed by atoms with E-state index in [4.69, 9.17) is 4.74 Å². The van der Waals surface area contributed by atoms with E-state index in [1.54, 1.807) is 12.1 Å². The molecule has 2 rings (SSSR count). The highest BCUT2D eigenvalue weighted by molar-refractivity contribution is 5.76. The Bertz CT molecular complexity index is 456. The molecule has 1 aromatic rings. The summed E-state index contributed by atoms with van der Waals surface area (Å²) in [5, 5.41) is 0. The average Bonchev–Trinajstić information content (AvgIpc) is 2.48. The Kier molecular flexibility index (Phi) is 6.03. The molecule has 0 bridgehead atoms. The lowest BCUT2D eigenvalue weighted by molar-refractivity contribution is -0.132. The maximum Gasteiger partial charge on any atom is 0.222 e. The zero-order valence-corrected chi connectivity index (χ0v) is 12.7. The SMILES string of the molecule is CCCC(=O)N1CCC(CCOc2cccc(F)c2)CC1. The fraction of sp³-hybridized carbons (Fsp3) is 0.588. The van der Waals surface area contributed by atoms with Crippen LogP contribution >= 0.6 is 0 Å². The molecule has 116 valence electrons. The van der Waals surface area contributed by atoms with Crippen molar-refractivity contribution in [2.75, 3.05) is 19.7 Å². The molecule has 1 aliphatic heterocycles. The molecule has 0 unspecified atom stereocenters. The fourth-order valence-corrected chi connectivity index (χ4v) is 2.74. The molecule has 0 aliphatic carbocycles. The van der Waals surface area contributed by atoms with Gasteiger partial charge in [-0.05, 0) is 43.7 Å². The molecule has 3 nitrogen and oxygen atoms in total. The van der Waals surface area contributed by atoms with Gasteiger partial charge in [-0.3, -0.25) is 4.79 Å². The molecule has 0 radical (unpaired) electrons. The van der Waals surface area contributed by atoms with Gasteiger partial charge in [0.25, 0.3) is 0 Å². The maximum absolute atomic E-state index is 13.0. The minimum atomic E-state index is -0.268. The second-order valence-electron chi connectivity index (χ2n) is 5.67. The van der Waals surface area contributed by atoms with E-state index in [1.165, 1.54) is 12.1 Å². The molecule has 0 N–H and O–H groups in total. The molecular formula is C17H24FNO2. The van der Waals surface area contributed by atoms with Crippen LogP contribution in [0.25, 0.3) is 0 Å². The van der Waals surface area contributed by atoms with Gasteiger partial charge in [0.1, 0.15) is 11.6 Å². The van der Waals surface area contributed by atoms with E-state index in [0.29, 0.717) is 24.7 Å². The summed E-state index contributed by atoms with van der Waals surface area (Å²) >= 11 is 0. The lowest BCUT2D eigenvalue weighted by atomic mass is 9.94. The van der Waals surface area contributed by atoms with Crippen LogP contribution in [0.2, 0.25) is 0 Å². The molecule has 1 aliphatic rings. The molecule has 0 atom stereocenters. The van der Waals surface area contributed by atoms with Crippen molar-refractivity contribution in [3.05, 3.63) is 30.1 Å². The van der Waals surface area contributed by atoms with E-state index in [9.17, 15) is 9.18 Å². The number of rotatable bonds is 6. The van der Waals surface area contributed by atoms with Crippen LogP contribution < -0.4 is 4.74 Å². The predicted molar refractivity (Wildman–Crippen MR) is 80.7 cm³/mol. The van der Waals surface area contributed by atoms with Crippen LogP contribution in [0, 0.1) is 11.7 Å². The molecule has 0 saturated carbocycles. The normalized spacial score (nSPS) is 16.0. The van der Waals surface area contributed by atoms with E-state index in [0.717, 1.165) is 38.8 Å². The fourth-order valence-electron chi connectivity index (χ4n) is 2.74. The minimum Gasteiger partial charge on any atom is -0.493 e. The highest BCUT2D eigenvalue weighted by Crippen LogP contribution is 2.22. The second-order valence-corrected chi connectivity index (χ2v) is 5.67. The molecule has 0 aromatic heterocycles. The van der Waals surface area contributed by atoms with Crippen LogP contribution in [0.15, 0.2) is 24.3 Å². The number of carbonyl (C=O) groups excluding carboxylic acids is 1. The second kappa shape index (κ2) is 8.01. The van der Waals surface area contributed by atoms with E-state index < -0.39 is 0 Å². The summed E-state index contributed by atoms with van der Waals surface area (Å²) < 4.78 is 18.6. The molecule has 1 saturated heterocycles. The maximum atomic E-state index is 13.0. The van der Waals surface area contributed by atoms with Gasteiger partial charge in [-0.1, -0.05) is 13.0 Å². The first kappa shape index (κ1) is 15.8. The van der Waals surface area contributed by atoms with Gasteiger partial charge in [0, 0.05) is 25.6 Å². The lowest BCUT2D eigenvalue weighted by Crippen LogP contribution is -2.38. The largest absolute Gasteiger partial charge is 0.493 e. The van der Waals surface area contributed by atoms with Crippen molar-refractivity contribution in [3.63, 3.8) is 0 Å². The summed E-state index contributed by atoms with van der Waals surface area (Å²) in [4.78, 5) is 13.8. The third-order valence-corrected chi connectivity index (χ3v) is 4.02. The topological polar surface area (TPSA) is 29.5 Å². The van der Waals surface area contributed by atoms with Gasteiger partial charge in [-0.15, -0.1) is 0 Å². The van der Waals surface area contributed by atoms with E-state index in [2.05, 4.69) is 0 Å². The number of hydrogen-bond donors (Lipinski definition) is 0. The summed E-state index contributed by atoms with van der Waals surface area (Å²) in [6, 6.07) is 6.25. The van der Waals surface area contributed by atoms with Gasteiger partial charge in [0.05, 0.1) is 6.61 Å². The summed E-state index contributed by atoms with van der Waals surface area (Å²) in [5.74, 6) is 1.21. The molecule has 1 amide bonds. The number of likely N-dealkylation sites (tertiary alicyclic amines) is 1. The smallest absolute Gasteiger partial charge is 0.222 e. The standard InChI is InChI=1S/C17H24FNO2/c1-2-4-17(20)19-10-7-14(8-11-19)9-12-21-16-6-3-5-15(18)13-16/h3,5-6,13-14H,2,4,7-12H2,1H3. The summed E-state index contributed by atoms with van der Waals surface area (Å²) in [6.07, 6.45) is 4.63. The zero-order valence-electron chi connectivity index (χ0n) is 12.7. The van der Waals surface area contributed by atoms with Crippen LogP contribution in [-0.4, -0.2) is 30.5 Å². The number of ether oxygens (including phenoxy) is 1. The highest BCUT2D eigenvalue weighted by Gasteiger charge is 2.21. The first-order valence-electron chi connectivity index (χ1n) is 7.85. The number of amides is 1. The third-order valence-electron chi connectivity index (χ3n) is 4.02. The van der Waals surface area contributed by atoms with Gasteiger partial charge in [0.15, 0.2) is 0 Å². The monoisotopic (exact) mass is 293 g/mol. The Labute approximate surface area is 126 Å².